The molecule has 13 aromatic rings. The van der Waals surface area contributed by atoms with Gasteiger partial charge in [0, 0.05) is 49.7 Å². The number of aromatic nitrogens is 1. The van der Waals surface area contributed by atoms with Gasteiger partial charge in [0.2, 0.25) is 0 Å². The fraction of sp³-hybridized carbons (Fsp3) is 0. The second-order valence-corrected chi connectivity index (χ2v) is 16.9. The van der Waals surface area contributed by atoms with Crippen LogP contribution in [0.15, 0.2) is 247 Å². The first-order chi connectivity index (χ1) is 32.2. The van der Waals surface area contributed by atoms with Crippen LogP contribution in [0.4, 0.5) is 17.1 Å². The summed E-state index contributed by atoms with van der Waals surface area (Å²) in [4.78, 5) is 2.36. The minimum atomic E-state index is 0.898. The molecule has 0 amide bonds. The van der Waals surface area contributed by atoms with Crippen molar-refractivity contribution in [3.8, 4) is 39.1 Å². The molecule has 2 heterocycles. The van der Waals surface area contributed by atoms with Crippen molar-refractivity contribution in [1.29, 1.82) is 0 Å². The summed E-state index contributed by atoms with van der Waals surface area (Å²) in [5.74, 6) is 0. The summed E-state index contributed by atoms with van der Waals surface area (Å²) < 4.78 is 8.70. The summed E-state index contributed by atoms with van der Waals surface area (Å²) in [5.41, 5.74) is 15.7. The van der Waals surface area contributed by atoms with E-state index in [4.69, 9.17) is 4.42 Å². The van der Waals surface area contributed by atoms with Gasteiger partial charge >= 0.3 is 0 Å². The van der Waals surface area contributed by atoms with E-state index in [1.54, 1.807) is 0 Å². The van der Waals surface area contributed by atoms with E-state index in [0.29, 0.717) is 0 Å². The summed E-state index contributed by atoms with van der Waals surface area (Å²) in [6.07, 6.45) is 0. The molecule has 0 spiro atoms. The van der Waals surface area contributed by atoms with Crippen LogP contribution in [-0.4, -0.2) is 4.57 Å². The topological polar surface area (TPSA) is 21.3 Å². The first-order valence-electron chi connectivity index (χ1n) is 22.2. The highest BCUT2D eigenvalue weighted by Gasteiger charge is 2.19. The molecule has 304 valence electrons. The number of nitrogens with zero attached hydrogens (tertiary/aromatic N) is 2. The molecule has 0 N–H and O–H groups in total. The molecule has 0 saturated heterocycles. The Morgan fingerprint density at radius 1 is 0.323 bits per heavy atom. The summed E-state index contributed by atoms with van der Waals surface area (Å²) in [6.45, 7) is 0. The molecule has 2 aromatic heterocycles. The lowest BCUT2D eigenvalue weighted by Crippen LogP contribution is -2.09. The van der Waals surface area contributed by atoms with Gasteiger partial charge in [0.25, 0.3) is 0 Å². The van der Waals surface area contributed by atoms with Crippen molar-refractivity contribution in [3.63, 3.8) is 0 Å². The van der Waals surface area contributed by atoms with Crippen LogP contribution in [-0.2, 0) is 0 Å². The second-order valence-electron chi connectivity index (χ2n) is 16.9. The van der Waals surface area contributed by atoms with Gasteiger partial charge in [0.1, 0.15) is 11.2 Å². The zero-order chi connectivity index (χ0) is 42.8. The van der Waals surface area contributed by atoms with Crippen molar-refractivity contribution in [2.45, 2.75) is 0 Å². The highest BCUT2D eigenvalue weighted by molar-refractivity contribution is 6.19. The van der Waals surface area contributed by atoms with Crippen LogP contribution in [0.1, 0.15) is 0 Å². The van der Waals surface area contributed by atoms with Crippen molar-refractivity contribution >= 4 is 82.4 Å². The third kappa shape index (κ3) is 6.12. The molecule has 3 heteroatoms. The Balaban J connectivity index is 0.919. The van der Waals surface area contributed by atoms with E-state index in [1.165, 1.54) is 60.0 Å². The molecule has 0 radical (unpaired) electrons. The van der Waals surface area contributed by atoms with Gasteiger partial charge in [-0.3, -0.25) is 0 Å². The monoisotopic (exact) mass is 828 g/mol. The molecule has 0 bridgehead atoms. The van der Waals surface area contributed by atoms with E-state index in [2.05, 4.69) is 240 Å². The molecule has 0 aliphatic rings. The number of anilines is 3. The van der Waals surface area contributed by atoms with Crippen LogP contribution in [0.25, 0.3) is 104 Å². The predicted molar refractivity (Wildman–Crippen MR) is 274 cm³/mol. The SMILES string of the molecule is c1ccc(-n2c3cc(-c4ccc(N(c5ccc(-c6cccc7ccccc67)cc5)c5ccc(-c6cccc7oc8ccccc8c67)cc5)cc4)ccc3c3ccc4ccccc4c32)cc1. The van der Waals surface area contributed by atoms with Gasteiger partial charge in [-0.1, -0.05) is 176 Å². The average Bonchev–Trinajstić information content (AvgIpc) is 3.93. The van der Waals surface area contributed by atoms with Crippen LogP contribution in [0.5, 0.6) is 0 Å². The average molecular weight is 829 g/mol. The van der Waals surface area contributed by atoms with E-state index in [-0.39, 0.29) is 0 Å². The minimum absolute atomic E-state index is 0.898. The highest BCUT2D eigenvalue weighted by Crippen LogP contribution is 2.42. The number of hydrogen-bond acceptors (Lipinski definition) is 2. The molecule has 0 aliphatic heterocycles. The van der Waals surface area contributed by atoms with E-state index in [1.807, 2.05) is 12.1 Å². The molecule has 0 fully saturated rings. The number of furan rings is 1. The van der Waals surface area contributed by atoms with Gasteiger partial charge in [-0.2, -0.15) is 0 Å². The fourth-order valence-corrected chi connectivity index (χ4v) is 10.1. The van der Waals surface area contributed by atoms with Gasteiger partial charge in [-0.05, 0) is 116 Å². The van der Waals surface area contributed by atoms with Crippen molar-refractivity contribution in [2.24, 2.45) is 0 Å². The Morgan fingerprint density at radius 2 is 0.846 bits per heavy atom. The summed E-state index contributed by atoms with van der Waals surface area (Å²) >= 11 is 0. The molecular formula is C62H40N2O. The normalized spacial score (nSPS) is 11.7. The molecule has 65 heavy (non-hydrogen) atoms. The Morgan fingerprint density at radius 3 is 1.58 bits per heavy atom. The Hall–Kier alpha value is -8.66. The third-order valence-corrected chi connectivity index (χ3v) is 13.2. The van der Waals surface area contributed by atoms with Crippen molar-refractivity contribution < 1.29 is 4.42 Å². The molecule has 0 unspecified atom stereocenters. The van der Waals surface area contributed by atoms with E-state index in [9.17, 15) is 0 Å². The maximum absolute atomic E-state index is 6.27. The quantitative estimate of drug-likeness (QED) is 0.160. The molecule has 11 aromatic carbocycles. The van der Waals surface area contributed by atoms with Crippen LogP contribution >= 0.6 is 0 Å². The molecule has 0 atom stereocenters. The first-order valence-corrected chi connectivity index (χ1v) is 22.2. The Bertz CT molecular complexity index is 3910. The maximum atomic E-state index is 6.27. The van der Waals surface area contributed by atoms with Crippen LogP contribution in [0.2, 0.25) is 0 Å². The molecule has 0 aliphatic carbocycles. The van der Waals surface area contributed by atoms with Gasteiger partial charge in [0.05, 0.1) is 11.0 Å². The predicted octanol–water partition coefficient (Wildman–Crippen LogP) is 17.5. The van der Waals surface area contributed by atoms with E-state index in [0.717, 1.165) is 61.4 Å². The Labute approximate surface area is 376 Å². The maximum Gasteiger partial charge on any atom is 0.136 e. The van der Waals surface area contributed by atoms with Crippen LogP contribution in [0, 0.1) is 0 Å². The second kappa shape index (κ2) is 15.0. The fourth-order valence-electron chi connectivity index (χ4n) is 10.1. The summed E-state index contributed by atoms with van der Waals surface area (Å²) in [6, 6.07) is 87.7. The highest BCUT2D eigenvalue weighted by atomic mass is 16.3. The number of fused-ring (bicyclic) bond motifs is 9. The summed E-state index contributed by atoms with van der Waals surface area (Å²) in [7, 11) is 0. The van der Waals surface area contributed by atoms with Crippen LogP contribution in [0.3, 0.4) is 0 Å². The van der Waals surface area contributed by atoms with Crippen molar-refractivity contribution in [2.75, 3.05) is 4.90 Å². The lowest BCUT2D eigenvalue weighted by Gasteiger charge is -2.26. The zero-order valence-electron chi connectivity index (χ0n) is 35.4. The Kier molecular flexibility index (Phi) is 8.53. The van der Waals surface area contributed by atoms with Gasteiger partial charge in [0.15, 0.2) is 0 Å². The molecule has 0 saturated carbocycles. The number of rotatable bonds is 7. The summed E-state index contributed by atoms with van der Waals surface area (Å²) in [5, 5.41) is 9.75. The molecule has 13 rings (SSSR count). The van der Waals surface area contributed by atoms with E-state index < -0.39 is 0 Å². The minimum Gasteiger partial charge on any atom is -0.456 e. The third-order valence-electron chi connectivity index (χ3n) is 13.2. The molecule has 3 nitrogen and oxygen atoms in total. The standard InChI is InChI=1S/C62H40N2O/c1-2-15-47(16-3-1)64-58-40-46(31-38-55(58)56-39-30-43-13-5-7-18-54(43)62(56)64)41-24-32-48(33-25-41)63(49-34-26-44(27-35-49)52-20-10-14-42-12-4-6-17-51(42)52)50-36-28-45(29-37-50)53-21-11-23-60-61(53)57-19-8-9-22-59(57)65-60/h1-40H. The van der Waals surface area contributed by atoms with Gasteiger partial charge in [-0.15, -0.1) is 0 Å². The molecular weight excluding hydrogens is 789 g/mol. The van der Waals surface area contributed by atoms with E-state index >= 15 is 0 Å². The lowest BCUT2D eigenvalue weighted by atomic mass is 9.97. The van der Waals surface area contributed by atoms with Gasteiger partial charge < -0.3 is 13.9 Å². The number of hydrogen-bond donors (Lipinski definition) is 0. The lowest BCUT2D eigenvalue weighted by molar-refractivity contribution is 0.669. The first kappa shape index (κ1) is 36.9. The number of para-hydroxylation sites is 2. The largest absolute Gasteiger partial charge is 0.456 e. The zero-order valence-corrected chi connectivity index (χ0v) is 35.4. The van der Waals surface area contributed by atoms with Crippen molar-refractivity contribution in [1.82, 2.24) is 4.57 Å². The van der Waals surface area contributed by atoms with Crippen molar-refractivity contribution in [3.05, 3.63) is 243 Å². The van der Waals surface area contributed by atoms with Crippen LogP contribution < -0.4 is 4.90 Å². The van der Waals surface area contributed by atoms with Gasteiger partial charge in [-0.25, -0.2) is 0 Å². The smallest absolute Gasteiger partial charge is 0.136 e. The number of benzene rings is 11.